The van der Waals surface area contributed by atoms with Crippen LogP contribution in [0, 0.1) is 5.92 Å². The van der Waals surface area contributed by atoms with E-state index in [4.69, 9.17) is 16.6 Å². The van der Waals surface area contributed by atoms with E-state index in [2.05, 4.69) is 61.6 Å². The number of aromatic nitrogens is 3. The molecule has 7 heteroatoms. The monoisotopic (exact) mass is 537 g/mol. The van der Waals surface area contributed by atoms with Gasteiger partial charge in [0.1, 0.15) is 5.82 Å². The summed E-state index contributed by atoms with van der Waals surface area (Å²) in [4.78, 5) is 7.42. The summed E-state index contributed by atoms with van der Waals surface area (Å²) in [6.45, 7) is 4.45. The standard InChI is InChI=1S/C27H29BrClN5/c28-23-19-31-34-26(17-25(32-27(23)34)22-10-4-5-11-24(22)29)30-18-21-12-15-33(16-13-21)14-6-9-20-7-2-1-3-8-20/h1-5,7-8,10-11,17,19,21,30H,6,9,12-16,18H2. The summed E-state index contributed by atoms with van der Waals surface area (Å²) in [5.74, 6) is 1.59. The van der Waals surface area contributed by atoms with Gasteiger partial charge in [-0.15, -0.1) is 0 Å². The summed E-state index contributed by atoms with van der Waals surface area (Å²) in [7, 11) is 0. The Morgan fingerprint density at radius 2 is 1.79 bits per heavy atom. The maximum absolute atomic E-state index is 6.46. The van der Waals surface area contributed by atoms with Crippen molar-refractivity contribution in [2.24, 2.45) is 5.92 Å². The Balaban J connectivity index is 1.19. The molecule has 1 saturated heterocycles. The van der Waals surface area contributed by atoms with E-state index in [1.54, 1.807) is 6.20 Å². The minimum absolute atomic E-state index is 0.649. The van der Waals surface area contributed by atoms with Gasteiger partial charge in [0.05, 0.1) is 16.4 Å². The van der Waals surface area contributed by atoms with Crippen LogP contribution in [0.4, 0.5) is 5.82 Å². The second-order valence-electron chi connectivity index (χ2n) is 8.99. The fourth-order valence-electron chi connectivity index (χ4n) is 4.68. The van der Waals surface area contributed by atoms with E-state index in [1.165, 1.54) is 44.5 Å². The Hall–Kier alpha value is -2.41. The first-order valence-corrected chi connectivity index (χ1v) is 13.1. The number of fused-ring (bicyclic) bond motifs is 1. The maximum Gasteiger partial charge on any atom is 0.172 e. The van der Waals surface area contributed by atoms with Crippen molar-refractivity contribution in [3.05, 3.63) is 81.9 Å². The highest BCUT2D eigenvalue weighted by Crippen LogP contribution is 2.30. The summed E-state index contributed by atoms with van der Waals surface area (Å²) < 4.78 is 2.73. The third-order valence-corrected chi connectivity index (χ3v) is 7.53. The molecule has 0 radical (unpaired) electrons. The highest BCUT2D eigenvalue weighted by Gasteiger charge is 2.20. The van der Waals surface area contributed by atoms with Crippen molar-refractivity contribution in [1.29, 1.82) is 0 Å². The van der Waals surface area contributed by atoms with Crippen molar-refractivity contribution in [1.82, 2.24) is 19.5 Å². The molecular formula is C27H29BrClN5. The molecule has 0 amide bonds. The molecule has 0 unspecified atom stereocenters. The number of rotatable bonds is 8. The van der Waals surface area contributed by atoms with Crippen LogP contribution in [0.25, 0.3) is 16.9 Å². The average Bonchev–Trinajstić information content (AvgIpc) is 3.25. The number of halogens is 2. The van der Waals surface area contributed by atoms with Gasteiger partial charge in [0.25, 0.3) is 0 Å². The van der Waals surface area contributed by atoms with Gasteiger partial charge in [-0.05, 0) is 78.8 Å². The Morgan fingerprint density at radius 1 is 1.03 bits per heavy atom. The first-order valence-electron chi connectivity index (χ1n) is 12.0. The molecule has 0 spiro atoms. The Kier molecular flexibility index (Phi) is 7.48. The largest absolute Gasteiger partial charge is 0.370 e. The normalized spacial score (nSPS) is 15.1. The van der Waals surface area contributed by atoms with E-state index >= 15 is 0 Å². The minimum atomic E-state index is 0.649. The van der Waals surface area contributed by atoms with Gasteiger partial charge in [-0.1, -0.05) is 60.1 Å². The van der Waals surface area contributed by atoms with Crippen LogP contribution < -0.4 is 5.32 Å². The zero-order valence-corrected chi connectivity index (χ0v) is 21.5. The Labute approximate surface area is 214 Å². The maximum atomic E-state index is 6.46. The van der Waals surface area contributed by atoms with Crippen molar-refractivity contribution in [2.75, 3.05) is 31.5 Å². The van der Waals surface area contributed by atoms with Crippen LogP contribution in [0.15, 0.2) is 71.3 Å². The van der Waals surface area contributed by atoms with Gasteiger partial charge in [0.2, 0.25) is 0 Å². The number of benzene rings is 2. The number of likely N-dealkylation sites (tertiary alicyclic amines) is 1. The molecule has 0 saturated carbocycles. The van der Waals surface area contributed by atoms with E-state index < -0.39 is 0 Å². The van der Waals surface area contributed by atoms with Crippen LogP contribution in [0.5, 0.6) is 0 Å². The van der Waals surface area contributed by atoms with Gasteiger partial charge in [-0.25, -0.2) is 4.98 Å². The summed E-state index contributed by atoms with van der Waals surface area (Å²) in [6.07, 6.45) is 6.60. The lowest BCUT2D eigenvalue weighted by Crippen LogP contribution is -2.36. The van der Waals surface area contributed by atoms with Gasteiger partial charge in [0, 0.05) is 23.2 Å². The molecule has 1 fully saturated rings. The van der Waals surface area contributed by atoms with E-state index in [-0.39, 0.29) is 0 Å². The van der Waals surface area contributed by atoms with Gasteiger partial charge in [0.15, 0.2) is 5.65 Å². The number of aryl methyl sites for hydroxylation is 1. The molecule has 0 aliphatic carbocycles. The lowest BCUT2D eigenvalue weighted by Gasteiger charge is -2.32. The number of anilines is 1. The topological polar surface area (TPSA) is 45.5 Å². The fraction of sp³-hybridized carbons (Fsp3) is 0.333. The van der Waals surface area contributed by atoms with Gasteiger partial charge in [-0.2, -0.15) is 9.61 Å². The number of hydrogen-bond donors (Lipinski definition) is 1. The molecule has 0 atom stereocenters. The molecular weight excluding hydrogens is 510 g/mol. The molecule has 1 aliphatic rings. The SMILES string of the molecule is Clc1ccccc1-c1cc(NCC2CCN(CCCc3ccccc3)CC2)n2ncc(Br)c2n1. The lowest BCUT2D eigenvalue weighted by atomic mass is 9.96. The quantitative estimate of drug-likeness (QED) is 0.276. The summed E-state index contributed by atoms with van der Waals surface area (Å²) in [5, 5.41) is 8.87. The molecule has 3 heterocycles. The first-order chi connectivity index (χ1) is 16.7. The molecule has 176 valence electrons. The van der Waals surface area contributed by atoms with Crippen LogP contribution in [0.2, 0.25) is 5.02 Å². The zero-order valence-electron chi connectivity index (χ0n) is 19.1. The lowest BCUT2D eigenvalue weighted by molar-refractivity contribution is 0.188. The number of piperidine rings is 1. The van der Waals surface area contributed by atoms with Crippen molar-refractivity contribution in [3.8, 4) is 11.3 Å². The molecule has 1 aliphatic heterocycles. The highest BCUT2D eigenvalue weighted by atomic mass is 79.9. The fourth-order valence-corrected chi connectivity index (χ4v) is 5.26. The third kappa shape index (κ3) is 5.45. The highest BCUT2D eigenvalue weighted by molar-refractivity contribution is 9.10. The second kappa shape index (κ2) is 10.9. The van der Waals surface area contributed by atoms with Gasteiger partial charge in [-0.3, -0.25) is 0 Å². The number of nitrogens with one attached hydrogen (secondary N) is 1. The molecule has 4 aromatic rings. The van der Waals surface area contributed by atoms with Crippen LogP contribution >= 0.6 is 27.5 Å². The van der Waals surface area contributed by atoms with E-state index in [0.717, 1.165) is 40.2 Å². The van der Waals surface area contributed by atoms with E-state index in [0.29, 0.717) is 10.9 Å². The predicted octanol–water partition coefficient (Wildman–Crippen LogP) is 6.57. The van der Waals surface area contributed by atoms with Gasteiger partial charge < -0.3 is 10.2 Å². The van der Waals surface area contributed by atoms with Gasteiger partial charge >= 0.3 is 0 Å². The predicted molar refractivity (Wildman–Crippen MR) is 144 cm³/mol. The first kappa shape index (κ1) is 23.3. The Morgan fingerprint density at radius 3 is 2.59 bits per heavy atom. The number of nitrogens with zero attached hydrogens (tertiary/aromatic N) is 4. The summed E-state index contributed by atoms with van der Waals surface area (Å²) in [6, 6.07) is 20.7. The van der Waals surface area contributed by atoms with Crippen LogP contribution in [0.3, 0.4) is 0 Å². The molecule has 5 nitrogen and oxygen atoms in total. The zero-order chi connectivity index (χ0) is 23.3. The van der Waals surface area contributed by atoms with Crippen LogP contribution in [-0.2, 0) is 6.42 Å². The van der Waals surface area contributed by atoms with E-state index in [1.807, 2.05) is 34.8 Å². The minimum Gasteiger partial charge on any atom is -0.370 e. The van der Waals surface area contributed by atoms with Crippen molar-refractivity contribution in [3.63, 3.8) is 0 Å². The summed E-state index contributed by atoms with van der Waals surface area (Å²) >= 11 is 10.0. The molecule has 1 N–H and O–H groups in total. The van der Waals surface area contributed by atoms with Crippen LogP contribution in [0.1, 0.15) is 24.8 Å². The van der Waals surface area contributed by atoms with Crippen LogP contribution in [-0.4, -0.2) is 45.7 Å². The molecule has 2 aromatic heterocycles. The third-order valence-electron chi connectivity index (χ3n) is 6.64. The molecule has 34 heavy (non-hydrogen) atoms. The molecule has 2 aromatic carbocycles. The van der Waals surface area contributed by atoms with E-state index in [9.17, 15) is 0 Å². The van der Waals surface area contributed by atoms with Crippen molar-refractivity contribution >= 4 is 39.0 Å². The molecule has 5 rings (SSSR count). The summed E-state index contributed by atoms with van der Waals surface area (Å²) in [5.41, 5.74) is 3.99. The number of hydrogen-bond acceptors (Lipinski definition) is 4. The Bertz CT molecular complexity index is 1230. The van der Waals surface area contributed by atoms with Crippen molar-refractivity contribution < 1.29 is 0 Å². The molecule has 0 bridgehead atoms. The smallest absolute Gasteiger partial charge is 0.172 e. The average molecular weight is 539 g/mol. The van der Waals surface area contributed by atoms with Crippen molar-refractivity contribution in [2.45, 2.75) is 25.7 Å². The second-order valence-corrected chi connectivity index (χ2v) is 10.3.